The van der Waals surface area contributed by atoms with Crippen LogP contribution in [0, 0.1) is 11.3 Å². The fourth-order valence-corrected chi connectivity index (χ4v) is 4.32. The second kappa shape index (κ2) is 6.80. The Morgan fingerprint density at radius 3 is 2.75 bits per heavy atom. The molecule has 1 aliphatic carbocycles. The van der Waals surface area contributed by atoms with Gasteiger partial charge in [-0.2, -0.15) is 0 Å². The molecular weight excluding hydrogens is 332 g/mol. The SMILES string of the molecule is CCC(C)(C)C1CCC(N)C(Sc2ccc(Br)cn2)C1. The Kier molecular flexibility index (Phi) is 5.55. The van der Waals surface area contributed by atoms with Gasteiger partial charge in [-0.25, -0.2) is 4.98 Å². The average Bonchev–Trinajstić information content (AvgIpc) is 2.43. The molecule has 1 aliphatic rings. The zero-order valence-corrected chi connectivity index (χ0v) is 15.0. The number of aromatic nitrogens is 1. The third-order valence-electron chi connectivity index (χ3n) is 4.83. The van der Waals surface area contributed by atoms with Gasteiger partial charge >= 0.3 is 0 Å². The van der Waals surface area contributed by atoms with Gasteiger partial charge in [0.25, 0.3) is 0 Å². The maximum absolute atomic E-state index is 6.35. The number of thioether (sulfide) groups is 1. The first kappa shape index (κ1) is 16.3. The van der Waals surface area contributed by atoms with Crippen LogP contribution in [0.5, 0.6) is 0 Å². The van der Waals surface area contributed by atoms with Gasteiger partial charge < -0.3 is 5.73 Å². The van der Waals surface area contributed by atoms with E-state index in [-0.39, 0.29) is 0 Å². The van der Waals surface area contributed by atoms with Gasteiger partial charge in [-0.1, -0.05) is 27.2 Å². The van der Waals surface area contributed by atoms with Gasteiger partial charge in [-0.3, -0.25) is 0 Å². The Morgan fingerprint density at radius 2 is 2.15 bits per heavy atom. The van der Waals surface area contributed by atoms with Crippen molar-refractivity contribution in [3.8, 4) is 0 Å². The second-order valence-electron chi connectivity index (χ2n) is 6.49. The van der Waals surface area contributed by atoms with Crippen molar-refractivity contribution >= 4 is 27.7 Å². The van der Waals surface area contributed by atoms with E-state index in [1.807, 2.05) is 18.0 Å². The summed E-state index contributed by atoms with van der Waals surface area (Å²) >= 11 is 5.29. The number of nitrogens with two attached hydrogens (primary N) is 1. The molecule has 2 rings (SSSR count). The Hall–Kier alpha value is -0.0600. The predicted octanol–water partition coefficient (Wildman–Crippen LogP) is 4.87. The summed E-state index contributed by atoms with van der Waals surface area (Å²) in [6.07, 6.45) is 6.73. The number of pyridine rings is 1. The van der Waals surface area contributed by atoms with Crippen LogP contribution in [-0.4, -0.2) is 16.3 Å². The molecule has 1 fully saturated rings. The first-order chi connectivity index (χ1) is 9.42. The van der Waals surface area contributed by atoms with E-state index in [0.29, 0.717) is 16.7 Å². The van der Waals surface area contributed by atoms with E-state index < -0.39 is 0 Å². The first-order valence-electron chi connectivity index (χ1n) is 7.46. The number of nitrogens with zero attached hydrogens (tertiary/aromatic N) is 1. The quantitative estimate of drug-likeness (QED) is 0.836. The summed E-state index contributed by atoms with van der Waals surface area (Å²) in [6, 6.07) is 4.43. The topological polar surface area (TPSA) is 38.9 Å². The van der Waals surface area contributed by atoms with Crippen LogP contribution in [0.4, 0.5) is 0 Å². The van der Waals surface area contributed by atoms with E-state index in [9.17, 15) is 0 Å². The summed E-state index contributed by atoms with van der Waals surface area (Å²) in [5.41, 5.74) is 6.77. The van der Waals surface area contributed by atoms with E-state index in [4.69, 9.17) is 5.73 Å². The first-order valence-corrected chi connectivity index (χ1v) is 9.13. The molecule has 1 saturated carbocycles. The van der Waals surface area contributed by atoms with Crippen molar-refractivity contribution < 1.29 is 0 Å². The minimum Gasteiger partial charge on any atom is -0.327 e. The average molecular weight is 357 g/mol. The molecule has 3 atom stereocenters. The molecule has 3 unspecified atom stereocenters. The van der Waals surface area contributed by atoms with Gasteiger partial charge in [0.2, 0.25) is 0 Å². The highest BCUT2D eigenvalue weighted by molar-refractivity contribution is 9.10. The van der Waals surface area contributed by atoms with Gasteiger partial charge in [0, 0.05) is 22.0 Å². The van der Waals surface area contributed by atoms with Crippen molar-refractivity contribution in [2.75, 3.05) is 0 Å². The molecule has 1 heterocycles. The largest absolute Gasteiger partial charge is 0.327 e. The zero-order chi connectivity index (χ0) is 14.8. The monoisotopic (exact) mass is 356 g/mol. The molecule has 2 nitrogen and oxygen atoms in total. The van der Waals surface area contributed by atoms with Crippen LogP contribution < -0.4 is 5.73 Å². The smallest absolute Gasteiger partial charge is 0.0963 e. The Morgan fingerprint density at radius 1 is 1.40 bits per heavy atom. The van der Waals surface area contributed by atoms with Crippen LogP contribution in [-0.2, 0) is 0 Å². The predicted molar refractivity (Wildman–Crippen MR) is 91.0 cm³/mol. The lowest BCUT2D eigenvalue weighted by molar-refractivity contribution is 0.148. The van der Waals surface area contributed by atoms with Crippen molar-refractivity contribution in [1.29, 1.82) is 0 Å². The maximum Gasteiger partial charge on any atom is 0.0963 e. The van der Waals surface area contributed by atoms with Crippen LogP contribution in [0.1, 0.15) is 46.5 Å². The van der Waals surface area contributed by atoms with Gasteiger partial charge in [-0.15, -0.1) is 11.8 Å². The van der Waals surface area contributed by atoms with Gasteiger partial charge in [0.1, 0.15) is 0 Å². The number of hydrogen-bond donors (Lipinski definition) is 1. The van der Waals surface area contributed by atoms with Crippen LogP contribution in [0.3, 0.4) is 0 Å². The molecule has 4 heteroatoms. The summed E-state index contributed by atoms with van der Waals surface area (Å²) in [5, 5.41) is 1.58. The highest BCUT2D eigenvalue weighted by Crippen LogP contribution is 2.44. The van der Waals surface area contributed by atoms with Crippen molar-refractivity contribution in [3.63, 3.8) is 0 Å². The van der Waals surface area contributed by atoms with Gasteiger partial charge in [0.05, 0.1) is 5.03 Å². The number of hydrogen-bond acceptors (Lipinski definition) is 3. The van der Waals surface area contributed by atoms with E-state index in [0.717, 1.165) is 21.8 Å². The van der Waals surface area contributed by atoms with Crippen LogP contribution in [0.15, 0.2) is 27.8 Å². The standard InChI is InChI=1S/C16H25BrN2S/c1-4-16(2,3)11-5-7-13(18)14(9-11)20-15-8-6-12(17)10-19-15/h6,8,10-11,13-14H,4-5,7,9,18H2,1-3H3. The third-order valence-corrected chi connectivity index (χ3v) is 6.63. The molecular formula is C16H25BrN2S. The molecule has 0 bridgehead atoms. The molecule has 112 valence electrons. The van der Waals surface area contributed by atoms with Crippen molar-refractivity contribution in [1.82, 2.24) is 4.98 Å². The molecule has 20 heavy (non-hydrogen) atoms. The summed E-state index contributed by atoms with van der Waals surface area (Å²) in [4.78, 5) is 4.47. The maximum atomic E-state index is 6.35. The lowest BCUT2D eigenvalue weighted by Gasteiger charge is -2.41. The summed E-state index contributed by atoms with van der Waals surface area (Å²) in [6.45, 7) is 7.09. The fourth-order valence-electron chi connectivity index (χ4n) is 2.87. The second-order valence-corrected chi connectivity index (χ2v) is 8.66. The molecule has 0 radical (unpaired) electrons. The fraction of sp³-hybridized carbons (Fsp3) is 0.688. The molecule has 1 aromatic heterocycles. The van der Waals surface area contributed by atoms with E-state index in [1.165, 1.54) is 19.3 Å². The van der Waals surface area contributed by atoms with E-state index in [2.05, 4.69) is 53.8 Å². The molecule has 0 aliphatic heterocycles. The lowest BCUT2D eigenvalue weighted by Crippen LogP contribution is -2.42. The van der Waals surface area contributed by atoms with Crippen molar-refractivity contribution in [2.45, 2.75) is 62.8 Å². The molecule has 1 aromatic rings. The molecule has 2 N–H and O–H groups in total. The molecule has 0 saturated heterocycles. The summed E-state index contributed by atoms with van der Waals surface area (Å²) in [5.74, 6) is 0.778. The summed E-state index contributed by atoms with van der Waals surface area (Å²) in [7, 11) is 0. The molecule has 0 amide bonds. The number of halogens is 1. The van der Waals surface area contributed by atoms with Crippen molar-refractivity contribution in [3.05, 3.63) is 22.8 Å². The van der Waals surface area contributed by atoms with Crippen LogP contribution in [0.2, 0.25) is 0 Å². The lowest BCUT2D eigenvalue weighted by atomic mass is 9.69. The zero-order valence-electron chi connectivity index (χ0n) is 12.6. The third kappa shape index (κ3) is 3.99. The Bertz CT molecular complexity index is 433. The van der Waals surface area contributed by atoms with E-state index in [1.54, 1.807) is 0 Å². The summed E-state index contributed by atoms with van der Waals surface area (Å²) < 4.78 is 1.03. The van der Waals surface area contributed by atoms with E-state index >= 15 is 0 Å². The highest BCUT2D eigenvalue weighted by Gasteiger charge is 2.36. The van der Waals surface area contributed by atoms with Gasteiger partial charge in [-0.05, 0) is 58.7 Å². The Balaban J connectivity index is 2.04. The minimum atomic E-state index is 0.300. The van der Waals surface area contributed by atoms with Gasteiger partial charge in [0.15, 0.2) is 0 Å². The van der Waals surface area contributed by atoms with Crippen LogP contribution in [0.25, 0.3) is 0 Å². The molecule has 0 aromatic carbocycles. The van der Waals surface area contributed by atoms with Crippen LogP contribution >= 0.6 is 27.7 Å². The highest BCUT2D eigenvalue weighted by atomic mass is 79.9. The van der Waals surface area contributed by atoms with Crippen molar-refractivity contribution in [2.24, 2.45) is 17.1 Å². The number of rotatable bonds is 4. The Labute approximate surface area is 135 Å². The minimum absolute atomic E-state index is 0.300. The molecule has 0 spiro atoms. The normalized spacial score (nSPS) is 27.6.